The van der Waals surface area contributed by atoms with E-state index in [1.807, 2.05) is 4.57 Å². The van der Waals surface area contributed by atoms with E-state index in [1.165, 1.54) is 0 Å². The van der Waals surface area contributed by atoms with Crippen LogP contribution in [0.1, 0.15) is 30.8 Å². The van der Waals surface area contributed by atoms with E-state index in [9.17, 15) is 4.79 Å². The smallest absolute Gasteiger partial charge is 0.168 e. The summed E-state index contributed by atoms with van der Waals surface area (Å²) in [6, 6.07) is 0. The fourth-order valence-corrected chi connectivity index (χ4v) is 1.48. The third-order valence-electron chi connectivity index (χ3n) is 2.45. The van der Waals surface area contributed by atoms with Crippen molar-refractivity contribution in [3.8, 4) is 0 Å². The molecule has 1 aromatic rings. The van der Waals surface area contributed by atoms with Gasteiger partial charge < -0.3 is 9.30 Å². The number of aldehydes is 1. The minimum absolute atomic E-state index is 0.106. The highest BCUT2D eigenvalue weighted by atomic mass is 16.5. The Morgan fingerprint density at radius 2 is 2.33 bits per heavy atom. The molecule has 0 amide bonds. The number of rotatable bonds is 6. The lowest BCUT2D eigenvalue weighted by Gasteiger charge is -2.25. The minimum Gasteiger partial charge on any atom is -0.385 e. The van der Waals surface area contributed by atoms with E-state index in [1.54, 1.807) is 19.6 Å². The molecule has 15 heavy (non-hydrogen) atoms. The van der Waals surface area contributed by atoms with Crippen LogP contribution in [-0.4, -0.2) is 29.6 Å². The number of hydrogen-bond donors (Lipinski definition) is 0. The number of hydrogen-bond acceptors (Lipinski definition) is 3. The second kappa shape index (κ2) is 5.07. The Bertz CT molecular complexity index is 318. The summed E-state index contributed by atoms with van der Waals surface area (Å²) in [5.74, 6) is 0. The quantitative estimate of drug-likeness (QED) is 0.672. The van der Waals surface area contributed by atoms with E-state index in [2.05, 4.69) is 18.8 Å². The van der Waals surface area contributed by atoms with Gasteiger partial charge in [0.25, 0.3) is 0 Å². The Morgan fingerprint density at radius 3 is 2.93 bits per heavy atom. The normalized spacial score (nSPS) is 11.7. The van der Waals surface area contributed by atoms with Crippen LogP contribution in [0.25, 0.3) is 0 Å². The Labute approximate surface area is 90.3 Å². The first-order valence-electron chi connectivity index (χ1n) is 5.03. The van der Waals surface area contributed by atoms with Crippen molar-refractivity contribution in [2.45, 2.75) is 26.8 Å². The van der Waals surface area contributed by atoms with E-state index < -0.39 is 0 Å². The molecule has 0 bridgehead atoms. The molecule has 0 unspecified atom stereocenters. The first kappa shape index (κ1) is 11.9. The molecule has 0 aromatic carbocycles. The van der Waals surface area contributed by atoms with Crippen LogP contribution >= 0.6 is 0 Å². The topological polar surface area (TPSA) is 44.1 Å². The summed E-state index contributed by atoms with van der Waals surface area (Å²) in [5.41, 5.74) is 0.731. The minimum atomic E-state index is 0.106. The van der Waals surface area contributed by atoms with E-state index in [0.717, 1.165) is 25.9 Å². The van der Waals surface area contributed by atoms with E-state index in [4.69, 9.17) is 4.74 Å². The monoisotopic (exact) mass is 210 g/mol. The van der Waals surface area contributed by atoms with E-state index >= 15 is 0 Å². The van der Waals surface area contributed by atoms with E-state index in [0.29, 0.717) is 5.69 Å². The summed E-state index contributed by atoms with van der Waals surface area (Å²) in [6.45, 7) is 5.82. The summed E-state index contributed by atoms with van der Waals surface area (Å²) in [7, 11) is 1.70. The van der Waals surface area contributed by atoms with Crippen LogP contribution in [0.3, 0.4) is 0 Å². The van der Waals surface area contributed by atoms with Gasteiger partial charge in [-0.15, -0.1) is 0 Å². The number of nitrogens with zero attached hydrogens (tertiary/aromatic N) is 2. The van der Waals surface area contributed by atoms with Crippen LogP contribution < -0.4 is 0 Å². The van der Waals surface area contributed by atoms with Gasteiger partial charge in [-0.2, -0.15) is 0 Å². The van der Waals surface area contributed by atoms with Gasteiger partial charge in [-0.05, 0) is 11.8 Å². The molecule has 0 spiro atoms. The number of carbonyl (C=O) groups excluding carboxylic acids is 1. The fraction of sp³-hybridized carbons (Fsp3) is 0.636. The van der Waals surface area contributed by atoms with Crippen LogP contribution in [-0.2, 0) is 11.3 Å². The molecule has 1 aromatic heterocycles. The molecule has 0 radical (unpaired) electrons. The molecule has 0 aliphatic heterocycles. The Balaban J connectivity index is 2.63. The van der Waals surface area contributed by atoms with Gasteiger partial charge in [0.1, 0.15) is 5.69 Å². The first-order chi connectivity index (χ1) is 7.09. The van der Waals surface area contributed by atoms with Gasteiger partial charge in [0.2, 0.25) is 0 Å². The van der Waals surface area contributed by atoms with Gasteiger partial charge in [-0.25, -0.2) is 4.98 Å². The highest BCUT2D eigenvalue weighted by Crippen LogP contribution is 2.23. The largest absolute Gasteiger partial charge is 0.385 e. The molecule has 0 saturated heterocycles. The molecule has 0 fully saturated rings. The molecular weight excluding hydrogens is 192 g/mol. The predicted octanol–water partition coefficient (Wildman–Crippen LogP) is 1.76. The van der Waals surface area contributed by atoms with E-state index in [-0.39, 0.29) is 5.41 Å². The molecule has 0 saturated carbocycles. The van der Waals surface area contributed by atoms with Gasteiger partial charge in [0.15, 0.2) is 6.29 Å². The Kier molecular flexibility index (Phi) is 4.03. The highest BCUT2D eigenvalue weighted by Gasteiger charge is 2.19. The van der Waals surface area contributed by atoms with Crippen molar-refractivity contribution in [2.75, 3.05) is 13.7 Å². The number of imidazole rings is 1. The molecule has 0 aliphatic rings. The second-order valence-corrected chi connectivity index (χ2v) is 4.47. The fourth-order valence-electron chi connectivity index (χ4n) is 1.48. The molecule has 84 valence electrons. The van der Waals surface area contributed by atoms with Crippen molar-refractivity contribution in [3.63, 3.8) is 0 Å². The maximum Gasteiger partial charge on any atom is 0.168 e. The third kappa shape index (κ3) is 3.47. The highest BCUT2D eigenvalue weighted by molar-refractivity contribution is 5.71. The van der Waals surface area contributed by atoms with Crippen molar-refractivity contribution in [1.29, 1.82) is 0 Å². The zero-order valence-corrected chi connectivity index (χ0v) is 9.56. The zero-order chi connectivity index (χ0) is 11.3. The van der Waals surface area contributed by atoms with Crippen LogP contribution in [0, 0.1) is 5.41 Å². The average molecular weight is 210 g/mol. The first-order valence-corrected chi connectivity index (χ1v) is 5.03. The molecular formula is C11H18N2O2. The summed E-state index contributed by atoms with van der Waals surface area (Å²) in [6.07, 6.45) is 5.07. The Hall–Kier alpha value is -1.16. The molecule has 0 N–H and O–H groups in total. The van der Waals surface area contributed by atoms with Crippen LogP contribution in [0.15, 0.2) is 12.5 Å². The molecule has 4 nitrogen and oxygen atoms in total. The summed E-state index contributed by atoms with van der Waals surface area (Å²) >= 11 is 0. The summed E-state index contributed by atoms with van der Waals surface area (Å²) in [5, 5.41) is 0. The third-order valence-corrected chi connectivity index (χ3v) is 2.45. The van der Waals surface area contributed by atoms with Gasteiger partial charge in [-0.3, -0.25) is 4.79 Å². The lowest BCUT2D eigenvalue weighted by molar-refractivity contribution is 0.110. The molecule has 4 heteroatoms. The average Bonchev–Trinajstić information content (AvgIpc) is 2.61. The number of carbonyl (C=O) groups is 1. The van der Waals surface area contributed by atoms with Gasteiger partial charge in [-0.1, -0.05) is 13.8 Å². The predicted molar refractivity (Wildman–Crippen MR) is 57.9 cm³/mol. The number of ether oxygens (including phenoxy) is 1. The Morgan fingerprint density at radius 1 is 1.60 bits per heavy atom. The van der Waals surface area contributed by atoms with Crippen LogP contribution in [0.5, 0.6) is 0 Å². The summed E-state index contributed by atoms with van der Waals surface area (Å²) in [4.78, 5) is 14.7. The van der Waals surface area contributed by atoms with Gasteiger partial charge in [0, 0.05) is 20.3 Å². The lowest BCUT2D eigenvalue weighted by Crippen LogP contribution is -2.22. The number of aromatic nitrogens is 2. The molecule has 1 heterocycles. The number of methoxy groups -OCH3 is 1. The van der Waals surface area contributed by atoms with Crippen molar-refractivity contribution < 1.29 is 9.53 Å². The molecule has 1 rings (SSSR count). The SMILES string of the molecule is COCCC(C)(C)Cn1cncc1C=O. The zero-order valence-electron chi connectivity index (χ0n) is 9.56. The lowest BCUT2D eigenvalue weighted by atomic mass is 9.89. The molecule has 0 atom stereocenters. The van der Waals surface area contributed by atoms with Gasteiger partial charge >= 0.3 is 0 Å². The molecule has 0 aliphatic carbocycles. The van der Waals surface area contributed by atoms with Gasteiger partial charge in [0.05, 0.1) is 12.5 Å². The van der Waals surface area contributed by atoms with Crippen molar-refractivity contribution in [3.05, 3.63) is 18.2 Å². The second-order valence-electron chi connectivity index (χ2n) is 4.47. The van der Waals surface area contributed by atoms with Crippen LogP contribution in [0.2, 0.25) is 0 Å². The summed E-state index contributed by atoms with van der Waals surface area (Å²) < 4.78 is 6.94. The maximum absolute atomic E-state index is 10.7. The van der Waals surface area contributed by atoms with Crippen molar-refractivity contribution >= 4 is 6.29 Å². The van der Waals surface area contributed by atoms with Crippen LogP contribution in [0.4, 0.5) is 0 Å². The van der Waals surface area contributed by atoms with Crippen molar-refractivity contribution in [2.24, 2.45) is 5.41 Å². The van der Waals surface area contributed by atoms with Crippen molar-refractivity contribution in [1.82, 2.24) is 9.55 Å². The maximum atomic E-state index is 10.7. The standard InChI is InChI=1S/C11H18N2O2/c1-11(2,4-5-15-3)8-13-9-12-6-10(13)7-14/h6-7,9H,4-5,8H2,1-3H3.